The number of hydrogen-bond donors (Lipinski definition) is 2. The molecule has 0 aliphatic heterocycles. The number of benzene rings is 1. The van der Waals surface area contributed by atoms with Gasteiger partial charge in [-0.15, -0.1) is 0 Å². The minimum absolute atomic E-state index is 0.145. The molecule has 9 nitrogen and oxygen atoms in total. The highest BCUT2D eigenvalue weighted by Gasteiger charge is 2.25. The van der Waals surface area contributed by atoms with Gasteiger partial charge in [0.2, 0.25) is 11.9 Å². The van der Waals surface area contributed by atoms with Crippen LogP contribution in [0, 0.1) is 0 Å². The predicted molar refractivity (Wildman–Crippen MR) is 83.4 cm³/mol. The largest absolute Gasteiger partial charge is 0.481 e. The Morgan fingerprint density at radius 1 is 1.35 bits per heavy atom. The quantitative estimate of drug-likeness (QED) is 0.806. The number of fused-ring (bicyclic) bond motifs is 1. The number of aromatic nitrogens is 2. The van der Waals surface area contributed by atoms with Gasteiger partial charge in [-0.25, -0.2) is 4.98 Å². The van der Waals surface area contributed by atoms with Crippen molar-refractivity contribution in [3.05, 3.63) is 23.8 Å². The third kappa shape index (κ3) is 3.32. The molecule has 0 aliphatic carbocycles. The van der Waals surface area contributed by atoms with Crippen molar-refractivity contribution in [3.63, 3.8) is 0 Å². The van der Waals surface area contributed by atoms with E-state index in [0.717, 1.165) is 8.28 Å². The number of carboxylic acid groups (broad SMARTS) is 1. The van der Waals surface area contributed by atoms with Crippen LogP contribution in [0.4, 0.5) is 5.95 Å². The lowest BCUT2D eigenvalue weighted by Crippen LogP contribution is -2.30. The first-order valence-corrected chi connectivity index (χ1v) is 7.96. The lowest BCUT2D eigenvalue weighted by atomic mass is 10.1. The molecule has 0 atom stereocenters. The number of carboxylic acids is 1. The van der Waals surface area contributed by atoms with E-state index in [2.05, 4.69) is 10.3 Å². The molecule has 0 radical (unpaired) electrons. The number of rotatable bonds is 5. The minimum atomic E-state index is -3.92. The van der Waals surface area contributed by atoms with Crippen molar-refractivity contribution in [2.24, 2.45) is 0 Å². The summed E-state index contributed by atoms with van der Waals surface area (Å²) in [6, 6.07) is 4.46. The molecule has 0 aliphatic rings. The highest BCUT2D eigenvalue weighted by molar-refractivity contribution is 7.87. The summed E-state index contributed by atoms with van der Waals surface area (Å²) in [7, 11) is -1.20. The number of anilines is 1. The molecule has 1 heterocycles. The Morgan fingerprint density at radius 3 is 2.52 bits per heavy atom. The van der Waals surface area contributed by atoms with E-state index in [0.29, 0.717) is 5.56 Å². The van der Waals surface area contributed by atoms with Crippen molar-refractivity contribution in [3.8, 4) is 0 Å². The van der Waals surface area contributed by atoms with Crippen molar-refractivity contribution < 1.29 is 23.1 Å². The van der Waals surface area contributed by atoms with Gasteiger partial charge in [0, 0.05) is 21.0 Å². The Labute approximate surface area is 132 Å². The molecule has 0 spiro atoms. The smallest absolute Gasteiger partial charge is 0.310 e. The van der Waals surface area contributed by atoms with E-state index < -0.39 is 22.1 Å². The summed E-state index contributed by atoms with van der Waals surface area (Å²) in [5.74, 6) is -1.62. The topological polar surface area (TPSA) is 122 Å². The molecule has 23 heavy (non-hydrogen) atoms. The van der Waals surface area contributed by atoms with E-state index in [9.17, 15) is 18.0 Å². The second-order valence-electron chi connectivity index (χ2n) is 5.06. The molecule has 2 aromatic rings. The van der Waals surface area contributed by atoms with Gasteiger partial charge in [-0.2, -0.15) is 16.7 Å². The van der Waals surface area contributed by atoms with E-state index in [1.807, 2.05) is 0 Å². The fourth-order valence-corrected chi connectivity index (χ4v) is 3.06. The van der Waals surface area contributed by atoms with Crippen LogP contribution < -0.4 is 5.32 Å². The Balaban J connectivity index is 2.71. The summed E-state index contributed by atoms with van der Waals surface area (Å²) in [5.41, 5.74) is 1.00. The molecule has 0 bridgehead atoms. The van der Waals surface area contributed by atoms with E-state index in [1.54, 1.807) is 0 Å². The van der Waals surface area contributed by atoms with E-state index in [-0.39, 0.29) is 23.4 Å². The van der Waals surface area contributed by atoms with E-state index in [4.69, 9.17) is 5.11 Å². The fraction of sp³-hybridized carbons (Fsp3) is 0.308. The average Bonchev–Trinajstić information content (AvgIpc) is 2.74. The highest BCUT2D eigenvalue weighted by Crippen LogP contribution is 2.24. The number of amides is 1. The molecule has 1 amide bonds. The number of hydrogen-bond acceptors (Lipinski definition) is 5. The van der Waals surface area contributed by atoms with Crippen molar-refractivity contribution in [1.29, 1.82) is 0 Å². The van der Waals surface area contributed by atoms with Crippen molar-refractivity contribution in [2.45, 2.75) is 13.3 Å². The summed E-state index contributed by atoms with van der Waals surface area (Å²) in [6.07, 6.45) is -0.210. The SMILES string of the molecule is CC(=O)Nc1nc2cc(CC(=O)O)ccc2n1S(=O)(=O)N(C)C. The Morgan fingerprint density at radius 2 is 2.00 bits per heavy atom. The van der Waals surface area contributed by atoms with Gasteiger partial charge < -0.3 is 5.11 Å². The zero-order valence-electron chi connectivity index (χ0n) is 12.8. The number of carbonyl (C=O) groups excluding carboxylic acids is 1. The van der Waals surface area contributed by atoms with Crippen LogP contribution in [-0.4, -0.2) is 52.8 Å². The lowest BCUT2D eigenvalue weighted by Gasteiger charge is -2.15. The summed E-state index contributed by atoms with van der Waals surface area (Å²) in [4.78, 5) is 26.2. The molecule has 0 saturated heterocycles. The van der Waals surface area contributed by atoms with Gasteiger partial charge in [-0.05, 0) is 17.7 Å². The van der Waals surface area contributed by atoms with Gasteiger partial charge in [0.1, 0.15) is 0 Å². The number of imidazole rings is 1. The summed E-state index contributed by atoms with van der Waals surface area (Å²) in [6.45, 7) is 1.24. The van der Waals surface area contributed by atoms with Gasteiger partial charge >= 0.3 is 16.2 Å². The van der Waals surface area contributed by atoms with Crippen LogP contribution in [0.25, 0.3) is 11.0 Å². The standard InChI is InChI=1S/C13H16N4O5S/c1-8(18)14-13-15-10-6-9(7-12(19)20)4-5-11(10)17(13)23(21,22)16(2)3/h4-6H,7H2,1-3H3,(H,19,20)(H,14,15,18). The Kier molecular flexibility index (Phi) is 4.39. The maximum Gasteiger partial charge on any atom is 0.310 e. The maximum atomic E-state index is 12.5. The van der Waals surface area contributed by atoms with E-state index in [1.165, 1.54) is 39.2 Å². The fourth-order valence-electron chi connectivity index (χ4n) is 2.02. The monoisotopic (exact) mass is 340 g/mol. The molecule has 0 unspecified atom stereocenters. The minimum Gasteiger partial charge on any atom is -0.481 e. The second-order valence-corrected chi connectivity index (χ2v) is 7.06. The summed E-state index contributed by atoms with van der Waals surface area (Å²) in [5, 5.41) is 11.2. The van der Waals surface area contributed by atoms with Crippen LogP contribution in [0.15, 0.2) is 18.2 Å². The first-order chi connectivity index (χ1) is 10.6. The Hall–Kier alpha value is -2.46. The van der Waals surface area contributed by atoms with Crippen molar-refractivity contribution >= 4 is 39.1 Å². The average molecular weight is 340 g/mol. The summed E-state index contributed by atoms with van der Waals surface area (Å²) < 4.78 is 26.9. The van der Waals surface area contributed by atoms with Crippen LogP contribution in [0.2, 0.25) is 0 Å². The molecule has 2 rings (SSSR count). The van der Waals surface area contributed by atoms with E-state index >= 15 is 0 Å². The summed E-state index contributed by atoms with van der Waals surface area (Å²) >= 11 is 0. The first-order valence-electron chi connectivity index (χ1n) is 6.56. The van der Waals surface area contributed by atoms with Crippen LogP contribution >= 0.6 is 0 Å². The lowest BCUT2D eigenvalue weighted by molar-refractivity contribution is -0.136. The van der Waals surface area contributed by atoms with Gasteiger partial charge in [0.05, 0.1) is 17.5 Å². The van der Waals surface area contributed by atoms with Gasteiger partial charge in [-0.3, -0.25) is 14.9 Å². The number of carbonyl (C=O) groups is 2. The predicted octanol–water partition coefficient (Wildman–Crippen LogP) is 0.276. The molecule has 124 valence electrons. The Bertz CT molecular complexity index is 885. The molecular formula is C13H16N4O5S. The molecule has 1 aromatic heterocycles. The van der Waals surface area contributed by atoms with Crippen molar-refractivity contribution in [1.82, 2.24) is 13.3 Å². The number of nitrogens with zero attached hydrogens (tertiary/aromatic N) is 3. The molecule has 1 aromatic carbocycles. The zero-order chi connectivity index (χ0) is 17.4. The normalized spacial score (nSPS) is 11.8. The number of aliphatic carboxylic acids is 1. The maximum absolute atomic E-state index is 12.5. The van der Waals surface area contributed by atoms with Gasteiger partial charge in [-0.1, -0.05) is 6.07 Å². The zero-order valence-corrected chi connectivity index (χ0v) is 13.6. The molecule has 10 heteroatoms. The van der Waals surface area contributed by atoms with Crippen LogP contribution in [0.5, 0.6) is 0 Å². The highest BCUT2D eigenvalue weighted by atomic mass is 32.2. The first kappa shape index (κ1) is 16.9. The van der Waals surface area contributed by atoms with Crippen LogP contribution in [-0.2, 0) is 26.2 Å². The van der Waals surface area contributed by atoms with Gasteiger partial charge in [0.25, 0.3) is 0 Å². The van der Waals surface area contributed by atoms with Crippen LogP contribution in [0.3, 0.4) is 0 Å². The second kappa shape index (κ2) is 5.97. The molecule has 0 saturated carbocycles. The third-order valence-corrected chi connectivity index (χ3v) is 4.77. The molecule has 2 N–H and O–H groups in total. The molecule has 0 fully saturated rings. The van der Waals surface area contributed by atoms with Gasteiger partial charge in [0.15, 0.2) is 0 Å². The third-order valence-electron chi connectivity index (χ3n) is 3.01. The van der Waals surface area contributed by atoms with Crippen molar-refractivity contribution in [2.75, 3.05) is 19.4 Å². The number of nitrogens with one attached hydrogen (secondary N) is 1. The van der Waals surface area contributed by atoms with Crippen LogP contribution in [0.1, 0.15) is 12.5 Å². The molecular weight excluding hydrogens is 324 g/mol.